The highest BCUT2D eigenvalue weighted by molar-refractivity contribution is 5.95. The van der Waals surface area contributed by atoms with Gasteiger partial charge in [0.25, 0.3) is 0 Å². The summed E-state index contributed by atoms with van der Waals surface area (Å²) in [5.41, 5.74) is 21.4. The molecule has 36 heavy (non-hydrogen) atoms. The first-order chi connectivity index (χ1) is 16.8. The zero-order chi connectivity index (χ0) is 27.8. The Bertz CT molecular complexity index is 788. The summed E-state index contributed by atoms with van der Waals surface area (Å²) in [7, 11) is 0. The molecule has 0 saturated carbocycles. The lowest BCUT2D eigenvalue weighted by Gasteiger charge is -2.26. The molecule has 16 heteroatoms. The molecule has 3 amide bonds. The Labute approximate surface area is 208 Å². The van der Waals surface area contributed by atoms with Gasteiger partial charge in [0.1, 0.15) is 18.1 Å². The molecule has 0 radical (unpaired) electrons. The normalized spacial score (nSPS) is 14.9. The molecular weight excluding hydrogens is 480 g/mol. The number of carbonyl (C=O) groups excluding carboxylic acids is 3. The Balaban J connectivity index is 5.54. The molecule has 0 rings (SSSR count). The van der Waals surface area contributed by atoms with E-state index in [2.05, 4.69) is 20.9 Å². The van der Waals surface area contributed by atoms with Crippen molar-refractivity contribution >= 4 is 35.6 Å². The molecule has 0 aliphatic rings. The lowest BCUT2D eigenvalue weighted by atomic mass is 10.1. The minimum atomic E-state index is -1.58. The molecule has 0 spiro atoms. The van der Waals surface area contributed by atoms with Crippen molar-refractivity contribution in [3.8, 4) is 0 Å². The number of aliphatic hydroxyl groups excluding tert-OH is 1. The minimum absolute atomic E-state index is 0.0114. The van der Waals surface area contributed by atoms with Gasteiger partial charge in [-0.2, -0.15) is 0 Å². The number of hydrogen-bond donors (Lipinski definition) is 10. The van der Waals surface area contributed by atoms with Crippen LogP contribution in [0.1, 0.15) is 45.4 Å². The molecule has 5 atom stereocenters. The minimum Gasteiger partial charge on any atom is -0.481 e. The number of unbranched alkanes of at least 4 members (excludes halogenated alkanes) is 1. The van der Waals surface area contributed by atoms with Gasteiger partial charge < -0.3 is 54.2 Å². The van der Waals surface area contributed by atoms with Crippen LogP contribution in [-0.4, -0.2) is 94.3 Å². The van der Waals surface area contributed by atoms with E-state index >= 15 is 0 Å². The number of carbonyl (C=O) groups is 5. The highest BCUT2D eigenvalue weighted by Crippen LogP contribution is 2.06. The van der Waals surface area contributed by atoms with Crippen LogP contribution in [-0.2, 0) is 24.0 Å². The number of aliphatic hydroxyl groups is 1. The van der Waals surface area contributed by atoms with E-state index < -0.39 is 66.4 Å². The quantitative estimate of drug-likeness (QED) is 0.0470. The first kappa shape index (κ1) is 32.5. The van der Waals surface area contributed by atoms with Gasteiger partial charge in [0, 0.05) is 6.54 Å². The van der Waals surface area contributed by atoms with Crippen LogP contribution in [0.2, 0.25) is 0 Å². The molecule has 16 nitrogen and oxygen atoms in total. The van der Waals surface area contributed by atoms with E-state index in [-0.39, 0.29) is 31.8 Å². The van der Waals surface area contributed by atoms with Crippen molar-refractivity contribution in [3.63, 3.8) is 0 Å². The van der Waals surface area contributed by atoms with Crippen molar-refractivity contribution < 1.29 is 39.3 Å². The van der Waals surface area contributed by atoms with Crippen LogP contribution in [0.25, 0.3) is 0 Å². The number of carboxylic acid groups (broad SMARTS) is 2. The Morgan fingerprint density at radius 3 is 1.94 bits per heavy atom. The third-order valence-electron chi connectivity index (χ3n) is 4.93. The van der Waals surface area contributed by atoms with Gasteiger partial charge in [-0.05, 0) is 45.6 Å². The van der Waals surface area contributed by atoms with Gasteiger partial charge in [0.2, 0.25) is 17.7 Å². The van der Waals surface area contributed by atoms with Crippen molar-refractivity contribution in [2.75, 3.05) is 13.1 Å². The highest BCUT2D eigenvalue weighted by Gasteiger charge is 2.32. The fourth-order valence-electron chi connectivity index (χ4n) is 3.00. The van der Waals surface area contributed by atoms with E-state index in [9.17, 15) is 34.2 Å². The van der Waals surface area contributed by atoms with E-state index in [4.69, 9.17) is 28.0 Å². The topological polar surface area (TPSA) is 299 Å². The van der Waals surface area contributed by atoms with Gasteiger partial charge in [0.05, 0.1) is 18.6 Å². The number of aliphatic carboxylic acids is 2. The van der Waals surface area contributed by atoms with Crippen LogP contribution in [0.4, 0.5) is 0 Å². The third kappa shape index (κ3) is 13.4. The molecule has 0 fully saturated rings. The molecule has 0 aliphatic carbocycles. The van der Waals surface area contributed by atoms with Crippen molar-refractivity contribution in [1.82, 2.24) is 16.0 Å². The molecule has 5 unspecified atom stereocenters. The van der Waals surface area contributed by atoms with Crippen molar-refractivity contribution in [3.05, 3.63) is 0 Å². The number of nitrogens with zero attached hydrogens (tertiary/aromatic N) is 1. The van der Waals surface area contributed by atoms with E-state index in [1.165, 1.54) is 6.92 Å². The second-order valence-corrected chi connectivity index (χ2v) is 8.13. The molecule has 14 N–H and O–H groups in total. The number of guanidine groups is 1. The Hall–Kier alpha value is -3.50. The maximum absolute atomic E-state index is 12.9. The van der Waals surface area contributed by atoms with E-state index in [0.717, 1.165) is 0 Å². The van der Waals surface area contributed by atoms with E-state index in [0.29, 0.717) is 19.4 Å². The maximum atomic E-state index is 12.9. The number of aliphatic imine (C=N–C) groups is 1. The van der Waals surface area contributed by atoms with Crippen LogP contribution < -0.4 is 38.9 Å². The van der Waals surface area contributed by atoms with Gasteiger partial charge in [0.15, 0.2) is 5.96 Å². The summed E-state index contributed by atoms with van der Waals surface area (Å²) in [4.78, 5) is 64.0. The lowest BCUT2D eigenvalue weighted by molar-refractivity contribution is -0.142. The summed E-state index contributed by atoms with van der Waals surface area (Å²) in [5.74, 6) is -5.58. The van der Waals surface area contributed by atoms with Gasteiger partial charge >= 0.3 is 11.9 Å². The zero-order valence-electron chi connectivity index (χ0n) is 20.2. The number of nitrogens with one attached hydrogen (secondary N) is 3. The number of amides is 3. The van der Waals surface area contributed by atoms with E-state index in [1.54, 1.807) is 0 Å². The number of carboxylic acids is 2. The summed E-state index contributed by atoms with van der Waals surface area (Å²) in [6.45, 7) is 1.66. The molecule has 0 saturated heterocycles. The molecule has 0 aromatic heterocycles. The van der Waals surface area contributed by atoms with Crippen LogP contribution in [0.15, 0.2) is 4.99 Å². The monoisotopic (exact) mass is 518 g/mol. The fraction of sp³-hybridized carbons (Fsp3) is 0.700. The standard InChI is InChI=1S/C20H38N8O8/c1-10(29)15(28-16(32)11(22)9-14(30)31)18(34)26-12(6-4-8-25-20(23)24)17(33)27-13(19(35)36)5-2-3-7-21/h10-13,15,29H,2-9,21-22H2,1H3,(H,26,34)(H,27,33)(H,28,32)(H,30,31)(H,35,36)(H4,23,24,25). The Kier molecular flexibility index (Phi) is 15.4. The molecular formula is C20H38N8O8. The van der Waals surface area contributed by atoms with Gasteiger partial charge in [-0.1, -0.05) is 0 Å². The zero-order valence-corrected chi connectivity index (χ0v) is 20.2. The molecule has 0 bridgehead atoms. The first-order valence-electron chi connectivity index (χ1n) is 11.3. The second-order valence-electron chi connectivity index (χ2n) is 8.13. The average Bonchev–Trinajstić information content (AvgIpc) is 2.77. The van der Waals surface area contributed by atoms with E-state index in [1.807, 2.05) is 0 Å². The molecule has 0 aliphatic heterocycles. The van der Waals surface area contributed by atoms with Crippen molar-refractivity contribution in [2.45, 2.75) is 75.7 Å². The summed E-state index contributed by atoms with van der Waals surface area (Å²) in [6.07, 6.45) is -0.838. The van der Waals surface area contributed by atoms with Crippen LogP contribution in [0, 0.1) is 0 Å². The summed E-state index contributed by atoms with van der Waals surface area (Å²) >= 11 is 0. The highest BCUT2D eigenvalue weighted by atomic mass is 16.4. The first-order valence-corrected chi connectivity index (χ1v) is 11.3. The second kappa shape index (κ2) is 17.0. The Morgan fingerprint density at radius 2 is 1.44 bits per heavy atom. The van der Waals surface area contributed by atoms with Crippen LogP contribution in [0.5, 0.6) is 0 Å². The van der Waals surface area contributed by atoms with Crippen LogP contribution >= 0.6 is 0 Å². The third-order valence-corrected chi connectivity index (χ3v) is 4.93. The largest absolute Gasteiger partial charge is 0.481 e. The lowest BCUT2D eigenvalue weighted by Crippen LogP contribution is -2.59. The SMILES string of the molecule is CC(O)C(NC(=O)C(N)CC(=O)O)C(=O)NC(CCCN=C(N)N)C(=O)NC(CCCCN)C(=O)O. The molecule has 206 valence electrons. The summed E-state index contributed by atoms with van der Waals surface area (Å²) < 4.78 is 0. The molecule has 0 heterocycles. The fourth-order valence-corrected chi connectivity index (χ4v) is 3.00. The predicted molar refractivity (Wildman–Crippen MR) is 128 cm³/mol. The number of rotatable bonds is 18. The average molecular weight is 519 g/mol. The summed E-state index contributed by atoms with van der Waals surface area (Å²) in [6, 6.07) is -5.57. The molecule has 0 aromatic rings. The maximum Gasteiger partial charge on any atom is 0.326 e. The van der Waals surface area contributed by atoms with Gasteiger partial charge in [-0.3, -0.25) is 24.2 Å². The van der Waals surface area contributed by atoms with Crippen molar-refractivity contribution in [1.29, 1.82) is 0 Å². The van der Waals surface area contributed by atoms with Gasteiger partial charge in [-0.15, -0.1) is 0 Å². The predicted octanol–water partition coefficient (Wildman–Crippen LogP) is -4.11. The number of nitrogens with two attached hydrogens (primary N) is 4. The van der Waals surface area contributed by atoms with Crippen LogP contribution in [0.3, 0.4) is 0 Å². The smallest absolute Gasteiger partial charge is 0.326 e. The number of hydrogen-bond acceptors (Lipinski definition) is 9. The Morgan fingerprint density at radius 1 is 0.861 bits per heavy atom. The summed E-state index contributed by atoms with van der Waals surface area (Å²) in [5, 5.41) is 35.1. The van der Waals surface area contributed by atoms with Gasteiger partial charge in [-0.25, -0.2) is 4.79 Å². The van der Waals surface area contributed by atoms with Crippen molar-refractivity contribution in [2.24, 2.45) is 27.9 Å². The molecule has 0 aromatic carbocycles.